The monoisotopic (exact) mass is 335 g/mol. The first-order valence-corrected chi connectivity index (χ1v) is 7.87. The Labute approximate surface area is 143 Å². The Morgan fingerprint density at radius 3 is 2.75 bits per heavy atom. The van der Waals surface area contributed by atoms with Crippen molar-refractivity contribution in [3.05, 3.63) is 71.6 Å². The van der Waals surface area contributed by atoms with Crippen LogP contribution in [0.15, 0.2) is 61.1 Å². The van der Waals surface area contributed by atoms with Gasteiger partial charge in [-0.15, -0.1) is 0 Å². The van der Waals surface area contributed by atoms with E-state index in [1.165, 1.54) is 11.9 Å². The molecule has 0 amide bonds. The summed E-state index contributed by atoms with van der Waals surface area (Å²) in [7, 11) is 0. The Morgan fingerprint density at radius 2 is 1.92 bits per heavy atom. The van der Waals surface area contributed by atoms with E-state index in [1.54, 1.807) is 6.20 Å². The maximum Gasteiger partial charge on any atom is 0.168 e. The first kappa shape index (κ1) is 14.7. The van der Waals surface area contributed by atoms with Crippen molar-refractivity contribution < 1.29 is 0 Å². The van der Waals surface area contributed by atoms with Gasteiger partial charge in [-0.05, 0) is 42.8 Å². The van der Waals surface area contributed by atoms with Gasteiger partial charge < -0.3 is 5.32 Å². The first-order chi connectivity index (χ1) is 11.7. The molecule has 5 nitrogen and oxygen atoms in total. The van der Waals surface area contributed by atoms with Crippen LogP contribution in [-0.2, 0) is 0 Å². The van der Waals surface area contributed by atoms with Crippen LogP contribution in [0.2, 0.25) is 5.02 Å². The summed E-state index contributed by atoms with van der Waals surface area (Å²) in [6.07, 6.45) is 3.30. The summed E-state index contributed by atoms with van der Waals surface area (Å²) >= 11 is 6.04. The standard InChI is InChI=1S/C18H14ClN5/c1-12-4-2-7-15(8-12)24-18-16(10-22-24)17(20-11-21-18)23-14-6-3-5-13(19)9-14/h2-11H,1H3,(H,20,21,23). The van der Waals surface area contributed by atoms with Gasteiger partial charge >= 0.3 is 0 Å². The minimum Gasteiger partial charge on any atom is -0.339 e. The molecule has 2 heterocycles. The Balaban J connectivity index is 1.79. The molecule has 6 heteroatoms. The molecule has 0 unspecified atom stereocenters. The highest BCUT2D eigenvalue weighted by atomic mass is 35.5. The third kappa shape index (κ3) is 2.70. The molecule has 2 aromatic carbocycles. The van der Waals surface area contributed by atoms with Crippen LogP contribution < -0.4 is 5.32 Å². The average Bonchev–Trinajstić information content (AvgIpc) is 3.00. The van der Waals surface area contributed by atoms with Crippen molar-refractivity contribution >= 4 is 34.1 Å². The van der Waals surface area contributed by atoms with Crippen molar-refractivity contribution in [1.29, 1.82) is 0 Å². The molecule has 0 radical (unpaired) electrons. The van der Waals surface area contributed by atoms with Crippen LogP contribution in [0.4, 0.5) is 11.5 Å². The Bertz CT molecular complexity index is 1020. The zero-order chi connectivity index (χ0) is 16.5. The number of benzene rings is 2. The molecule has 0 aliphatic carbocycles. The first-order valence-electron chi connectivity index (χ1n) is 7.49. The average molecular weight is 336 g/mol. The molecule has 0 saturated carbocycles. The number of rotatable bonds is 3. The number of fused-ring (bicyclic) bond motifs is 1. The minimum absolute atomic E-state index is 0.667. The Kier molecular flexibility index (Phi) is 3.63. The number of halogens is 1. The van der Waals surface area contributed by atoms with E-state index in [4.69, 9.17) is 11.6 Å². The van der Waals surface area contributed by atoms with E-state index in [-0.39, 0.29) is 0 Å². The van der Waals surface area contributed by atoms with Gasteiger partial charge in [0, 0.05) is 10.7 Å². The summed E-state index contributed by atoms with van der Waals surface area (Å²) < 4.78 is 1.81. The van der Waals surface area contributed by atoms with Gasteiger partial charge in [0.2, 0.25) is 0 Å². The predicted molar refractivity (Wildman–Crippen MR) is 96.1 cm³/mol. The molecule has 0 aliphatic heterocycles. The minimum atomic E-state index is 0.667. The molecule has 0 saturated heterocycles. The van der Waals surface area contributed by atoms with Gasteiger partial charge in [0.25, 0.3) is 0 Å². The molecule has 4 aromatic rings. The van der Waals surface area contributed by atoms with Gasteiger partial charge in [-0.1, -0.05) is 29.8 Å². The Morgan fingerprint density at radius 1 is 1.04 bits per heavy atom. The second-order valence-corrected chi connectivity index (χ2v) is 5.93. The van der Waals surface area contributed by atoms with Gasteiger partial charge in [-0.25, -0.2) is 14.6 Å². The number of nitrogens with one attached hydrogen (secondary N) is 1. The number of aryl methyl sites for hydroxylation is 1. The third-order valence-corrected chi connectivity index (χ3v) is 3.93. The smallest absolute Gasteiger partial charge is 0.168 e. The van der Waals surface area contributed by atoms with E-state index in [0.29, 0.717) is 10.8 Å². The predicted octanol–water partition coefficient (Wildman–Crippen LogP) is 4.52. The number of aromatic nitrogens is 4. The number of hydrogen-bond donors (Lipinski definition) is 1. The van der Waals surface area contributed by atoms with E-state index >= 15 is 0 Å². The lowest BCUT2D eigenvalue weighted by molar-refractivity contribution is 0.894. The largest absolute Gasteiger partial charge is 0.339 e. The maximum absolute atomic E-state index is 6.04. The van der Waals surface area contributed by atoms with Gasteiger partial charge in [-0.3, -0.25) is 0 Å². The molecule has 4 rings (SSSR count). The molecule has 2 aromatic heterocycles. The summed E-state index contributed by atoms with van der Waals surface area (Å²) in [6, 6.07) is 15.6. The van der Waals surface area contributed by atoms with E-state index < -0.39 is 0 Å². The fourth-order valence-electron chi connectivity index (χ4n) is 2.60. The molecule has 24 heavy (non-hydrogen) atoms. The molecule has 1 N–H and O–H groups in total. The summed E-state index contributed by atoms with van der Waals surface area (Å²) in [4.78, 5) is 8.73. The van der Waals surface area contributed by atoms with E-state index in [1.807, 2.05) is 41.1 Å². The van der Waals surface area contributed by atoms with Crippen molar-refractivity contribution in [2.45, 2.75) is 6.92 Å². The highest BCUT2D eigenvalue weighted by Crippen LogP contribution is 2.25. The highest BCUT2D eigenvalue weighted by Gasteiger charge is 2.11. The number of nitrogens with zero attached hydrogens (tertiary/aromatic N) is 4. The Hall–Kier alpha value is -2.92. The van der Waals surface area contributed by atoms with Crippen molar-refractivity contribution in [3.8, 4) is 5.69 Å². The van der Waals surface area contributed by atoms with Crippen LogP contribution in [-0.4, -0.2) is 19.7 Å². The number of hydrogen-bond acceptors (Lipinski definition) is 4. The molecule has 0 bridgehead atoms. The van der Waals surface area contributed by atoms with Crippen molar-refractivity contribution in [3.63, 3.8) is 0 Å². The lowest BCUT2D eigenvalue weighted by Gasteiger charge is -2.07. The van der Waals surface area contributed by atoms with E-state index in [2.05, 4.69) is 39.4 Å². The zero-order valence-corrected chi connectivity index (χ0v) is 13.7. The topological polar surface area (TPSA) is 55.6 Å². The quantitative estimate of drug-likeness (QED) is 0.598. The molecule has 118 valence electrons. The van der Waals surface area contributed by atoms with Crippen LogP contribution in [0.25, 0.3) is 16.7 Å². The van der Waals surface area contributed by atoms with Crippen molar-refractivity contribution in [2.75, 3.05) is 5.32 Å². The summed E-state index contributed by atoms with van der Waals surface area (Å²) in [5, 5.41) is 9.26. The summed E-state index contributed by atoms with van der Waals surface area (Å²) in [5.74, 6) is 0.696. The van der Waals surface area contributed by atoms with Crippen LogP contribution in [0, 0.1) is 6.92 Å². The summed E-state index contributed by atoms with van der Waals surface area (Å²) in [6.45, 7) is 2.05. The number of anilines is 2. The van der Waals surface area contributed by atoms with E-state index in [9.17, 15) is 0 Å². The van der Waals surface area contributed by atoms with Gasteiger partial charge in [0.15, 0.2) is 5.65 Å². The summed E-state index contributed by atoms with van der Waals surface area (Å²) in [5.41, 5.74) is 3.76. The van der Waals surface area contributed by atoms with Crippen LogP contribution in [0.5, 0.6) is 0 Å². The highest BCUT2D eigenvalue weighted by molar-refractivity contribution is 6.30. The maximum atomic E-state index is 6.04. The lowest BCUT2D eigenvalue weighted by Crippen LogP contribution is -1.99. The molecule has 0 spiro atoms. The van der Waals surface area contributed by atoms with E-state index in [0.717, 1.165) is 22.4 Å². The lowest BCUT2D eigenvalue weighted by atomic mass is 10.2. The normalized spacial score (nSPS) is 10.9. The molecular formula is C18H14ClN5. The zero-order valence-electron chi connectivity index (χ0n) is 12.9. The second kappa shape index (κ2) is 5.94. The van der Waals surface area contributed by atoms with Crippen molar-refractivity contribution in [1.82, 2.24) is 19.7 Å². The van der Waals surface area contributed by atoms with Gasteiger partial charge in [0.1, 0.15) is 12.1 Å². The third-order valence-electron chi connectivity index (χ3n) is 3.70. The molecule has 0 atom stereocenters. The SMILES string of the molecule is Cc1cccc(-n2ncc3c(Nc4cccc(Cl)c4)ncnc32)c1. The molecular weight excluding hydrogens is 322 g/mol. The van der Waals surface area contributed by atoms with Crippen molar-refractivity contribution in [2.24, 2.45) is 0 Å². The van der Waals surface area contributed by atoms with Crippen LogP contribution >= 0.6 is 11.6 Å². The fraction of sp³-hybridized carbons (Fsp3) is 0.0556. The fourth-order valence-corrected chi connectivity index (χ4v) is 2.79. The second-order valence-electron chi connectivity index (χ2n) is 5.49. The molecule has 0 aliphatic rings. The van der Waals surface area contributed by atoms with Gasteiger partial charge in [-0.2, -0.15) is 5.10 Å². The molecule has 0 fully saturated rings. The van der Waals surface area contributed by atoms with Crippen LogP contribution in [0.1, 0.15) is 5.56 Å². The van der Waals surface area contributed by atoms with Crippen LogP contribution in [0.3, 0.4) is 0 Å². The van der Waals surface area contributed by atoms with Gasteiger partial charge in [0.05, 0.1) is 17.3 Å².